The number of rotatable bonds is 7. The van der Waals surface area contributed by atoms with Gasteiger partial charge in [-0.2, -0.15) is 0 Å². The molecule has 0 atom stereocenters. The molecule has 0 N–H and O–H groups in total. The summed E-state index contributed by atoms with van der Waals surface area (Å²) in [5.41, 5.74) is -0.967. The molecule has 5 rings (SSSR count). The van der Waals surface area contributed by atoms with Crippen LogP contribution in [0.15, 0.2) is 72.8 Å². The maximum Gasteiger partial charge on any atom is 0.342 e. The molecular weight excluding hydrogens is 528 g/mol. The van der Waals surface area contributed by atoms with E-state index in [9.17, 15) is 29.3 Å². The molecule has 0 saturated heterocycles. The fourth-order valence-corrected chi connectivity index (χ4v) is 4.58. The molecule has 39 heavy (non-hydrogen) atoms. The molecule has 4 aromatic carbocycles. The van der Waals surface area contributed by atoms with E-state index in [0.29, 0.717) is 10.5 Å². The molecule has 0 aliphatic carbocycles. The highest BCUT2D eigenvalue weighted by atomic mass is 35.5. The van der Waals surface area contributed by atoms with Crippen molar-refractivity contribution in [3.63, 3.8) is 0 Å². The van der Waals surface area contributed by atoms with Crippen LogP contribution in [0.4, 0.5) is 11.4 Å². The number of esters is 1. The van der Waals surface area contributed by atoms with Gasteiger partial charge in [-0.25, -0.2) is 9.69 Å². The molecule has 0 radical (unpaired) electrons. The maximum absolute atomic E-state index is 13.1. The molecular formula is C28H17ClN2O8. The molecule has 10 nitrogen and oxygen atoms in total. The van der Waals surface area contributed by atoms with Crippen LogP contribution in [0.3, 0.4) is 0 Å². The van der Waals surface area contributed by atoms with Crippen molar-refractivity contribution >= 4 is 57.3 Å². The quantitative estimate of drug-likeness (QED) is 0.101. The topological polar surface area (TPSA) is 133 Å². The standard InChI is InChI=1S/C28H17ClN2O8/c1-38-24-13-22(30-26(33)18-7-4-8-21(31(36)37)25(18)27(30)34)20(29)12-19(24)28(35)39-14-23(32)17-10-9-15-5-2-3-6-16(15)11-17/h2-13H,14H2,1H3. The van der Waals surface area contributed by atoms with E-state index in [4.69, 9.17) is 21.1 Å². The largest absolute Gasteiger partial charge is 0.496 e. The van der Waals surface area contributed by atoms with E-state index in [-0.39, 0.29) is 33.1 Å². The first-order chi connectivity index (χ1) is 18.7. The fraction of sp³-hybridized carbons (Fsp3) is 0.0714. The maximum atomic E-state index is 13.1. The number of nitrogens with zero attached hydrogens (tertiary/aromatic N) is 2. The predicted octanol–water partition coefficient (Wildman–Crippen LogP) is 5.25. The number of nitro benzene ring substituents is 1. The van der Waals surface area contributed by atoms with Crippen molar-refractivity contribution in [1.82, 2.24) is 0 Å². The summed E-state index contributed by atoms with van der Waals surface area (Å²) in [5, 5.41) is 13.0. The SMILES string of the molecule is COc1cc(N2C(=O)c3cccc([N+](=O)[O-])c3C2=O)c(Cl)cc1C(=O)OCC(=O)c1ccc2ccccc2c1. The third-order valence-electron chi connectivity index (χ3n) is 6.23. The molecule has 0 fully saturated rings. The normalized spacial score (nSPS) is 12.4. The van der Waals surface area contributed by atoms with E-state index < -0.39 is 40.8 Å². The van der Waals surface area contributed by atoms with E-state index >= 15 is 0 Å². The molecule has 1 heterocycles. The Kier molecular flexibility index (Phi) is 6.55. The van der Waals surface area contributed by atoms with Crippen LogP contribution in [-0.2, 0) is 4.74 Å². The smallest absolute Gasteiger partial charge is 0.342 e. The number of halogens is 1. The van der Waals surface area contributed by atoms with Crippen molar-refractivity contribution < 1.29 is 33.6 Å². The van der Waals surface area contributed by atoms with Crippen LogP contribution in [0.25, 0.3) is 10.8 Å². The minimum atomic E-state index is -0.942. The number of benzene rings is 4. The number of imide groups is 1. The molecule has 2 amide bonds. The van der Waals surface area contributed by atoms with Crippen LogP contribution in [0.5, 0.6) is 5.75 Å². The number of Topliss-reactive ketones (excluding diaryl/α,β-unsaturated/α-hetero) is 1. The summed E-state index contributed by atoms with van der Waals surface area (Å²) in [5.74, 6) is -3.21. The highest BCUT2D eigenvalue weighted by Gasteiger charge is 2.43. The van der Waals surface area contributed by atoms with Crippen LogP contribution < -0.4 is 9.64 Å². The summed E-state index contributed by atoms with van der Waals surface area (Å²) in [7, 11) is 1.25. The van der Waals surface area contributed by atoms with E-state index in [1.165, 1.54) is 25.3 Å². The second-order valence-electron chi connectivity index (χ2n) is 8.47. The van der Waals surface area contributed by atoms with Gasteiger partial charge in [0.25, 0.3) is 17.5 Å². The van der Waals surface area contributed by atoms with Gasteiger partial charge in [0.15, 0.2) is 12.4 Å². The number of nitro groups is 1. The molecule has 0 aromatic heterocycles. The van der Waals surface area contributed by atoms with E-state index in [2.05, 4.69) is 0 Å². The van der Waals surface area contributed by atoms with Crippen molar-refractivity contribution in [1.29, 1.82) is 0 Å². The van der Waals surface area contributed by atoms with E-state index in [0.717, 1.165) is 22.9 Å². The molecule has 1 aliphatic rings. The first kappa shape index (κ1) is 25.6. The van der Waals surface area contributed by atoms with Gasteiger partial charge in [-0.1, -0.05) is 54.1 Å². The van der Waals surface area contributed by atoms with Gasteiger partial charge in [-0.3, -0.25) is 24.5 Å². The Morgan fingerprint density at radius 3 is 2.41 bits per heavy atom. The third kappa shape index (κ3) is 4.47. The summed E-state index contributed by atoms with van der Waals surface area (Å²) >= 11 is 6.36. The number of ether oxygens (including phenoxy) is 2. The molecule has 0 saturated carbocycles. The minimum Gasteiger partial charge on any atom is -0.496 e. The van der Waals surface area contributed by atoms with Crippen molar-refractivity contribution in [2.75, 3.05) is 18.6 Å². The minimum absolute atomic E-state index is 0.0939. The molecule has 0 bridgehead atoms. The van der Waals surface area contributed by atoms with E-state index in [1.54, 1.807) is 18.2 Å². The van der Waals surface area contributed by atoms with Gasteiger partial charge in [0, 0.05) is 17.7 Å². The zero-order valence-electron chi connectivity index (χ0n) is 20.2. The number of amides is 2. The van der Waals surface area contributed by atoms with Crippen LogP contribution >= 0.6 is 11.6 Å². The van der Waals surface area contributed by atoms with Crippen molar-refractivity contribution in [3.05, 3.63) is 110 Å². The first-order valence-electron chi connectivity index (χ1n) is 11.4. The zero-order valence-corrected chi connectivity index (χ0v) is 20.9. The van der Waals surface area contributed by atoms with Gasteiger partial charge < -0.3 is 9.47 Å². The molecule has 4 aromatic rings. The lowest BCUT2D eigenvalue weighted by Gasteiger charge is -2.18. The monoisotopic (exact) mass is 544 g/mol. The van der Waals surface area contributed by atoms with Gasteiger partial charge in [0.2, 0.25) is 0 Å². The number of ketones is 1. The third-order valence-corrected chi connectivity index (χ3v) is 6.53. The average molecular weight is 545 g/mol. The molecule has 194 valence electrons. The molecule has 0 unspecified atom stereocenters. The number of carbonyl (C=O) groups excluding carboxylic acids is 4. The molecule has 11 heteroatoms. The number of fused-ring (bicyclic) bond motifs is 2. The lowest BCUT2D eigenvalue weighted by molar-refractivity contribution is -0.385. The van der Waals surface area contributed by atoms with Crippen LogP contribution in [-0.4, -0.2) is 42.2 Å². The van der Waals surface area contributed by atoms with Crippen LogP contribution in [0.1, 0.15) is 41.4 Å². The lowest BCUT2D eigenvalue weighted by atomic mass is 10.0. The Bertz CT molecular complexity index is 1730. The number of hydrogen-bond donors (Lipinski definition) is 0. The summed E-state index contributed by atoms with van der Waals surface area (Å²) in [6.07, 6.45) is 0. The van der Waals surface area contributed by atoms with Gasteiger partial charge in [0.1, 0.15) is 16.9 Å². The zero-order chi connectivity index (χ0) is 27.8. The number of hydrogen-bond acceptors (Lipinski definition) is 8. The average Bonchev–Trinajstić information content (AvgIpc) is 3.20. The number of anilines is 1. The van der Waals surface area contributed by atoms with Gasteiger partial charge in [0.05, 0.1) is 28.3 Å². The highest BCUT2D eigenvalue weighted by molar-refractivity contribution is 6.40. The Balaban J connectivity index is 1.39. The van der Waals surface area contributed by atoms with Crippen LogP contribution in [0, 0.1) is 10.1 Å². The van der Waals surface area contributed by atoms with Crippen molar-refractivity contribution in [2.24, 2.45) is 0 Å². The first-order valence-corrected chi connectivity index (χ1v) is 11.8. The second-order valence-corrected chi connectivity index (χ2v) is 8.87. The van der Waals surface area contributed by atoms with Gasteiger partial charge in [-0.05, 0) is 29.0 Å². The Morgan fingerprint density at radius 2 is 1.69 bits per heavy atom. The second kappa shape index (κ2) is 9.99. The summed E-state index contributed by atoms with van der Waals surface area (Å²) in [6, 6.07) is 18.7. The summed E-state index contributed by atoms with van der Waals surface area (Å²) in [6.45, 7) is -0.554. The molecule has 0 spiro atoms. The Labute approximate surface area is 225 Å². The Hall–Kier alpha value is -5.09. The van der Waals surface area contributed by atoms with Gasteiger partial charge >= 0.3 is 5.97 Å². The fourth-order valence-electron chi connectivity index (χ4n) is 4.34. The lowest BCUT2D eigenvalue weighted by Crippen LogP contribution is -2.30. The Morgan fingerprint density at radius 1 is 0.949 bits per heavy atom. The predicted molar refractivity (Wildman–Crippen MR) is 141 cm³/mol. The van der Waals surface area contributed by atoms with Crippen molar-refractivity contribution in [3.8, 4) is 5.75 Å². The van der Waals surface area contributed by atoms with E-state index in [1.807, 2.05) is 24.3 Å². The van der Waals surface area contributed by atoms with Crippen LogP contribution in [0.2, 0.25) is 5.02 Å². The molecule has 1 aliphatic heterocycles. The van der Waals surface area contributed by atoms with Gasteiger partial charge in [-0.15, -0.1) is 0 Å². The van der Waals surface area contributed by atoms with Crippen molar-refractivity contribution in [2.45, 2.75) is 0 Å². The number of methoxy groups -OCH3 is 1. The summed E-state index contributed by atoms with van der Waals surface area (Å²) < 4.78 is 10.5. The number of carbonyl (C=O) groups is 4. The summed E-state index contributed by atoms with van der Waals surface area (Å²) in [4.78, 5) is 62.9. The highest BCUT2D eigenvalue weighted by Crippen LogP contribution is 2.40.